The van der Waals surface area contributed by atoms with Gasteiger partial charge in [-0.05, 0) is 35.4 Å². The van der Waals surface area contributed by atoms with Gasteiger partial charge in [-0.25, -0.2) is 0 Å². The highest BCUT2D eigenvalue weighted by atomic mass is 79.9. The van der Waals surface area contributed by atoms with Crippen LogP contribution in [0, 0.1) is 0 Å². The Kier molecular flexibility index (Phi) is 8.86. The Hall–Kier alpha value is -2.87. The molecule has 8 heteroatoms. The number of amides is 2. The van der Waals surface area contributed by atoms with Crippen LogP contribution in [0.15, 0.2) is 53.0 Å². The van der Waals surface area contributed by atoms with Crippen molar-refractivity contribution in [1.82, 2.24) is 10.6 Å². The number of benzene rings is 2. The SMILES string of the molecule is COC(=O)CC(NC(=O)CC(NC(C)=O)c1ccc(OC)cc1)c1cccc(Br)c1. The van der Waals surface area contributed by atoms with E-state index >= 15 is 0 Å². The number of methoxy groups -OCH3 is 2. The Morgan fingerprint density at radius 1 is 0.933 bits per heavy atom. The molecule has 2 N–H and O–H groups in total. The Labute approximate surface area is 184 Å². The van der Waals surface area contributed by atoms with Crippen LogP contribution in [0.3, 0.4) is 0 Å². The molecule has 7 nitrogen and oxygen atoms in total. The van der Waals surface area contributed by atoms with Gasteiger partial charge >= 0.3 is 5.97 Å². The Morgan fingerprint density at radius 2 is 1.60 bits per heavy atom. The minimum absolute atomic E-state index is 0.00790. The molecule has 2 amide bonds. The monoisotopic (exact) mass is 476 g/mol. The summed E-state index contributed by atoms with van der Waals surface area (Å²) in [5.41, 5.74) is 1.54. The summed E-state index contributed by atoms with van der Waals surface area (Å²) in [5, 5.41) is 5.68. The molecule has 2 aromatic carbocycles. The largest absolute Gasteiger partial charge is 0.497 e. The first-order chi connectivity index (χ1) is 14.3. The van der Waals surface area contributed by atoms with Crippen LogP contribution in [0.5, 0.6) is 5.75 Å². The molecule has 2 aromatic rings. The molecule has 0 aliphatic heterocycles. The zero-order chi connectivity index (χ0) is 22.1. The number of esters is 1. The number of carbonyl (C=O) groups is 3. The van der Waals surface area contributed by atoms with E-state index in [4.69, 9.17) is 9.47 Å². The second-order valence-electron chi connectivity index (χ2n) is 6.69. The van der Waals surface area contributed by atoms with Crippen molar-refractivity contribution in [3.63, 3.8) is 0 Å². The predicted molar refractivity (Wildman–Crippen MR) is 116 cm³/mol. The van der Waals surface area contributed by atoms with Gasteiger partial charge in [-0.3, -0.25) is 14.4 Å². The second-order valence-corrected chi connectivity index (χ2v) is 7.60. The van der Waals surface area contributed by atoms with Crippen molar-refractivity contribution in [3.8, 4) is 5.75 Å². The number of halogens is 1. The molecule has 0 aliphatic rings. The Morgan fingerprint density at radius 3 is 2.17 bits per heavy atom. The molecule has 0 bridgehead atoms. The second kappa shape index (κ2) is 11.3. The minimum atomic E-state index is -0.559. The third-order valence-corrected chi connectivity index (χ3v) is 4.96. The molecule has 160 valence electrons. The summed E-state index contributed by atoms with van der Waals surface area (Å²) in [6.07, 6.45) is 0.00359. The summed E-state index contributed by atoms with van der Waals surface area (Å²) >= 11 is 3.40. The van der Waals surface area contributed by atoms with E-state index in [0.29, 0.717) is 5.75 Å². The highest BCUT2D eigenvalue weighted by Gasteiger charge is 2.23. The van der Waals surface area contributed by atoms with Gasteiger partial charge < -0.3 is 20.1 Å². The minimum Gasteiger partial charge on any atom is -0.497 e. The summed E-state index contributed by atoms with van der Waals surface area (Å²) < 4.78 is 10.8. The van der Waals surface area contributed by atoms with Gasteiger partial charge in [-0.1, -0.05) is 40.2 Å². The quantitative estimate of drug-likeness (QED) is 0.540. The van der Waals surface area contributed by atoms with Crippen LogP contribution in [0.2, 0.25) is 0 Å². The van der Waals surface area contributed by atoms with Gasteiger partial charge in [-0.2, -0.15) is 0 Å². The summed E-state index contributed by atoms with van der Waals surface area (Å²) in [6.45, 7) is 1.40. The third-order valence-electron chi connectivity index (χ3n) is 4.47. The van der Waals surface area contributed by atoms with Gasteiger partial charge in [0.1, 0.15) is 5.75 Å². The molecular formula is C22H25BrN2O5. The van der Waals surface area contributed by atoms with Gasteiger partial charge in [0.2, 0.25) is 11.8 Å². The molecule has 0 saturated carbocycles. The lowest BCUT2D eigenvalue weighted by molar-refractivity contribution is -0.141. The van der Waals surface area contributed by atoms with Gasteiger partial charge in [0.15, 0.2) is 0 Å². The summed E-state index contributed by atoms with van der Waals surface area (Å²) in [7, 11) is 2.87. The van der Waals surface area contributed by atoms with Gasteiger partial charge in [0.05, 0.1) is 39.1 Å². The Balaban J connectivity index is 2.18. The molecule has 2 rings (SSSR count). The molecule has 0 saturated heterocycles. The van der Waals surface area contributed by atoms with E-state index in [9.17, 15) is 14.4 Å². The van der Waals surface area contributed by atoms with Crippen LogP contribution in [0.1, 0.15) is 43.0 Å². The zero-order valence-corrected chi connectivity index (χ0v) is 18.7. The first kappa shape index (κ1) is 23.4. The fourth-order valence-electron chi connectivity index (χ4n) is 3.00. The van der Waals surface area contributed by atoms with Crippen molar-refractivity contribution in [2.24, 2.45) is 0 Å². The van der Waals surface area contributed by atoms with Crippen LogP contribution >= 0.6 is 15.9 Å². The molecule has 0 aromatic heterocycles. The zero-order valence-electron chi connectivity index (χ0n) is 17.1. The molecule has 0 fully saturated rings. The summed E-state index contributed by atoms with van der Waals surface area (Å²) in [6, 6.07) is 13.4. The fourth-order valence-corrected chi connectivity index (χ4v) is 3.41. The van der Waals surface area contributed by atoms with E-state index in [1.165, 1.54) is 14.0 Å². The Bertz CT molecular complexity index is 885. The molecule has 0 spiro atoms. The van der Waals surface area contributed by atoms with Crippen LogP contribution in [0.25, 0.3) is 0 Å². The number of hydrogen-bond donors (Lipinski definition) is 2. The van der Waals surface area contributed by atoms with Crippen molar-refractivity contribution in [3.05, 3.63) is 64.1 Å². The van der Waals surface area contributed by atoms with E-state index in [1.54, 1.807) is 31.4 Å². The van der Waals surface area contributed by atoms with Gasteiger partial charge in [-0.15, -0.1) is 0 Å². The van der Waals surface area contributed by atoms with Crippen molar-refractivity contribution in [2.45, 2.75) is 31.8 Å². The lowest BCUT2D eigenvalue weighted by Gasteiger charge is -2.22. The summed E-state index contributed by atoms with van der Waals surface area (Å²) in [5.74, 6) is -0.313. The molecule has 0 aliphatic carbocycles. The first-order valence-electron chi connectivity index (χ1n) is 9.35. The maximum absolute atomic E-state index is 12.8. The third kappa shape index (κ3) is 7.18. The van der Waals surface area contributed by atoms with Crippen molar-refractivity contribution in [1.29, 1.82) is 0 Å². The fraction of sp³-hybridized carbons (Fsp3) is 0.318. The molecular weight excluding hydrogens is 452 g/mol. The van der Waals surface area contributed by atoms with E-state index in [2.05, 4.69) is 26.6 Å². The van der Waals surface area contributed by atoms with E-state index in [0.717, 1.165) is 15.6 Å². The van der Waals surface area contributed by atoms with Crippen molar-refractivity contribution < 1.29 is 23.9 Å². The van der Waals surface area contributed by atoms with E-state index < -0.39 is 18.1 Å². The average molecular weight is 477 g/mol. The smallest absolute Gasteiger partial charge is 0.307 e. The van der Waals surface area contributed by atoms with Gasteiger partial charge in [0.25, 0.3) is 0 Å². The number of nitrogens with one attached hydrogen (secondary N) is 2. The van der Waals surface area contributed by atoms with E-state index in [-0.39, 0.29) is 24.7 Å². The molecule has 2 atom stereocenters. The van der Waals surface area contributed by atoms with Crippen molar-refractivity contribution >= 4 is 33.7 Å². The van der Waals surface area contributed by atoms with Crippen LogP contribution in [-0.4, -0.2) is 32.0 Å². The molecule has 30 heavy (non-hydrogen) atoms. The highest BCUT2D eigenvalue weighted by molar-refractivity contribution is 9.10. The molecule has 2 unspecified atom stereocenters. The number of ether oxygens (including phenoxy) is 2. The van der Waals surface area contributed by atoms with Crippen LogP contribution < -0.4 is 15.4 Å². The maximum atomic E-state index is 12.8. The van der Waals surface area contributed by atoms with Gasteiger partial charge in [0, 0.05) is 11.4 Å². The number of carbonyl (C=O) groups excluding carboxylic acids is 3. The van der Waals surface area contributed by atoms with Crippen LogP contribution in [0.4, 0.5) is 0 Å². The maximum Gasteiger partial charge on any atom is 0.307 e. The number of rotatable bonds is 9. The molecule has 0 heterocycles. The lowest BCUT2D eigenvalue weighted by Crippen LogP contribution is -2.35. The lowest BCUT2D eigenvalue weighted by atomic mass is 10.0. The standard InChI is InChI=1S/C22H25BrN2O5/c1-14(26)24-19(15-7-9-18(29-2)10-8-15)12-21(27)25-20(13-22(28)30-3)16-5-4-6-17(23)11-16/h4-11,19-20H,12-13H2,1-3H3,(H,24,26)(H,25,27). The highest BCUT2D eigenvalue weighted by Crippen LogP contribution is 2.24. The average Bonchev–Trinajstić information content (AvgIpc) is 2.72. The topological polar surface area (TPSA) is 93.7 Å². The normalized spacial score (nSPS) is 12.4. The van der Waals surface area contributed by atoms with E-state index in [1.807, 2.05) is 24.3 Å². The summed E-state index contributed by atoms with van der Waals surface area (Å²) in [4.78, 5) is 36.3. The first-order valence-corrected chi connectivity index (χ1v) is 10.1. The number of hydrogen-bond acceptors (Lipinski definition) is 5. The predicted octanol–water partition coefficient (Wildman–Crippen LogP) is 3.45. The van der Waals surface area contributed by atoms with Crippen molar-refractivity contribution in [2.75, 3.05) is 14.2 Å². The molecule has 0 radical (unpaired) electrons. The van der Waals surface area contributed by atoms with Crippen LogP contribution in [-0.2, 0) is 19.1 Å².